The minimum absolute atomic E-state index is 0.266. The van der Waals surface area contributed by atoms with Crippen LogP contribution < -0.4 is 10.6 Å². The Morgan fingerprint density at radius 1 is 1.50 bits per heavy atom. The minimum atomic E-state index is 0.266. The van der Waals surface area contributed by atoms with Gasteiger partial charge in [0.1, 0.15) is 5.82 Å². The Morgan fingerprint density at radius 2 is 2.31 bits per heavy atom. The Kier molecular flexibility index (Phi) is 3.29. The molecule has 2 rings (SSSR count). The van der Waals surface area contributed by atoms with Gasteiger partial charge in [0.05, 0.1) is 17.5 Å². The fourth-order valence-electron chi connectivity index (χ4n) is 1.94. The van der Waals surface area contributed by atoms with Crippen LogP contribution in [0.3, 0.4) is 0 Å². The van der Waals surface area contributed by atoms with E-state index in [2.05, 4.69) is 16.8 Å². The van der Waals surface area contributed by atoms with E-state index in [1.807, 2.05) is 19.1 Å². The number of pyridine rings is 1. The van der Waals surface area contributed by atoms with E-state index in [-0.39, 0.29) is 6.10 Å². The summed E-state index contributed by atoms with van der Waals surface area (Å²) in [6.07, 6.45) is 1.32. The zero-order valence-electron chi connectivity index (χ0n) is 9.94. The van der Waals surface area contributed by atoms with Crippen LogP contribution in [0, 0.1) is 6.92 Å². The third kappa shape index (κ3) is 2.44. The summed E-state index contributed by atoms with van der Waals surface area (Å²) in [6, 6.07) is 3.91. The average molecular weight is 221 g/mol. The van der Waals surface area contributed by atoms with Gasteiger partial charge < -0.3 is 15.4 Å². The van der Waals surface area contributed by atoms with Crippen LogP contribution in [0.1, 0.15) is 19.0 Å². The maximum Gasteiger partial charge on any atom is 0.129 e. The molecule has 1 aromatic heterocycles. The molecule has 4 heteroatoms. The number of ether oxygens (including phenoxy) is 1. The van der Waals surface area contributed by atoms with Crippen molar-refractivity contribution in [3.8, 4) is 0 Å². The molecule has 0 spiro atoms. The van der Waals surface area contributed by atoms with Crippen LogP contribution >= 0.6 is 0 Å². The summed E-state index contributed by atoms with van der Waals surface area (Å²) in [4.78, 5) is 6.79. The molecular weight excluding hydrogens is 202 g/mol. The molecule has 1 aliphatic heterocycles. The summed E-state index contributed by atoms with van der Waals surface area (Å²) in [7, 11) is 0. The third-order valence-corrected chi connectivity index (χ3v) is 2.89. The molecular formula is C12H19N3O. The van der Waals surface area contributed by atoms with Crippen molar-refractivity contribution >= 4 is 11.5 Å². The third-order valence-electron chi connectivity index (χ3n) is 2.89. The molecule has 88 valence electrons. The fourth-order valence-corrected chi connectivity index (χ4v) is 1.94. The number of nitrogens with zero attached hydrogens (tertiary/aromatic N) is 2. The Bertz CT molecular complexity index is 367. The van der Waals surface area contributed by atoms with Crippen molar-refractivity contribution in [2.24, 2.45) is 0 Å². The number of hydrogen-bond acceptors (Lipinski definition) is 4. The predicted octanol–water partition coefficient (Wildman–Crippen LogP) is 1.59. The number of rotatable bonds is 1. The number of nitrogen functional groups attached to an aromatic ring is 1. The Balaban J connectivity index is 2.18. The van der Waals surface area contributed by atoms with Crippen LogP contribution in [0.25, 0.3) is 0 Å². The van der Waals surface area contributed by atoms with Gasteiger partial charge in [0, 0.05) is 19.7 Å². The van der Waals surface area contributed by atoms with E-state index < -0.39 is 0 Å². The van der Waals surface area contributed by atoms with E-state index in [0.29, 0.717) is 0 Å². The van der Waals surface area contributed by atoms with E-state index in [9.17, 15) is 0 Å². The van der Waals surface area contributed by atoms with Crippen molar-refractivity contribution in [2.45, 2.75) is 26.4 Å². The first-order chi connectivity index (χ1) is 7.66. The van der Waals surface area contributed by atoms with Gasteiger partial charge in [-0.25, -0.2) is 4.98 Å². The van der Waals surface area contributed by atoms with Crippen molar-refractivity contribution in [3.63, 3.8) is 0 Å². The summed E-state index contributed by atoms with van der Waals surface area (Å²) < 4.78 is 5.61. The highest BCUT2D eigenvalue weighted by Crippen LogP contribution is 2.18. The van der Waals surface area contributed by atoms with E-state index in [1.54, 1.807) is 0 Å². The Hall–Kier alpha value is -1.29. The molecule has 0 saturated carbocycles. The number of aryl methyl sites for hydroxylation is 1. The van der Waals surface area contributed by atoms with Crippen molar-refractivity contribution < 1.29 is 4.74 Å². The number of nitrogens with two attached hydrogens (primary N) is 1. The molecule has 1 unspecified atom stereocenters. The van der Waals surface area contributed by atoms with Gasteiger partial charge in [-0.2, -0.15) is 0 Å². The van der Waals surface area contributed by atoms with Gasteiger partial charge in [0.2, 0.25) is 0 Å². The van der Waals surface area contributed by atoms with Gasteiger partial charge in [0.25, 0.3) is 0 Å². The van der Waals surface area contributed by atoms with Crippen LogP contribution in [0.5, 0.6) is 0 Å². The molecule has 0 aliphatic carbocycles. The van der Waals surface area contributed by atoms with Gasteiger partial charge >= 0.3 is 0 Å². The average Bonchev–Trinajstić information content (AvgIpc) is 2.47. The van der Waals surface area contributed by atoms with Crippen molar-refractivity contribution in [3.05, 3.63) is 17.8 Å². The zero-order chi connectivity index (χ0) is 11.5. The molecule has 2 heterocycles. The first-order valence-electron chi connectivity index (χ1n) is 5.76. The molecule has 4 nitrogen and oxygen atoms in total. The maximum absolute atomic E-state index is 5.77. The molecule has 0 amide bonds. The lowest BCUT2D eigenvalue weighted by Gasteiger charge is -2.23. The maximum atomic E-state index is 5.77. The van der Waals surface area contributed by atoms with Gasteiger partial charge in [0.15, 0.2) is 0 Å². The fraction of sp³-hybridized carbons (Fsp3) is 0.583. The van der Waals surface area contributed by atoms with E-state index in [4.69, 9.17) is 10.5 Å². The zero-order valence-corrected chi connectivity index (χ0v) is 9.94. The van der Waals surface area contributed by atoms with Gasteiger partial charge in [-0.1, -0.05) is 0 Å². The van der Waals surface area contributed by atoms with E-state index in [0.717, 1.165) is 43.3 Å². The van der Waals surface area contributed by atoms with Crippen LogP contribution in [0.2, 0.25) is 0 Å². The molecule has 16 heavy (non-hydrogen) atoms. The molecule has 2 N–H and O–H groups in total. The molecule has 0 radical (unpaired) electrons. The summed E-state index contributed by atoms with van der Waals surface area (Å²) in [6.45, 7) is 6.78. The van der Waals surface area contributed by atoms with Crippen LogP contribution in [-0.4, -0.2) is 30.8 Å². The van der Waals surface area contributed by atoms with Crippen LogP contribution in [0.4, 0.5) is 11.5 Å². The molecule has 0 aromatic carbocycles. The normalized spacial score (nSPS) is 21.9. The summed E-state index contributed by atoms with van der Waals surface area (Å²) in [5, 5.41) is 0. The number of hydrogen-bond donors (Lipinski definition) is 1. The highest BCUT2D eigenvalue weighted by Gasteiger charge is 2.16. The van der Waals surface area contributed by atoms with Crippen molar-refractivity contribution in [1.82, 2.24) is 4.98 Å². The summed E-state index contributed by atoms with van der Waals surface area (Å²) in [5.41, 5.74) is 7.42. The SMILES string of the molecule is Cc1nc(N2CCCOC(C)C2)ccc1N. The number of aromatic nitrogens is 1. The van der Waals surface area contributed by atoms with E-state index in [1.165, 1.54) is 0 Å². The first kappa shape index (κ1) is 11.2. The van der Waals surface area contributed by atoms with Gasteiger partial charge in [-0.05, 0) is 32.4 Å². The lowest BCUT2D eigenvalue weighted by atomic mass is 10.3. The summed E-state index contributed by atoms with van der Waals surface area (Å²) >= 11 is 0. The number of anilines is 2. The van der Waals surface area contributed by atoms with Gasteiger partial charge in [-0.3, -0.25) is 0 Å². The van der Waals surface area contributed by atoms with E-state index >= 15 is 0 Å². The highest BCUT2D eigenvalue weighted by atomic mass is 16.5. The predicted molar refractivity (Wildman–Crippen MR) is 65.6 cm³/mol. The minimum Gasteiger partial charge on any atom is -0.397 e. The Morgan fingerprint density at radius 3 is 3.06 bits per heavy atom. The van der Waals surface area contributed by atoms with Crippen LogP contribution in [0.15, 0.2) is 12.1 Å². The molecule has 1 aromatic rings. The second kappa shape index (κ2) is 4.70. The second-order valence-corrected chi connectivity index (χ2v) is 4.33. The Labute approximate surface area is 96.4 Å². The van der Waals surface area contributed by atoms with Gasteiger partial charge in [-0.15, -0.1) is 0 Å². The summed E-state index contributed by atoms with van der Waals surface area (Å²) in [5.74, 6) is 1.00. The lowest BCUT2D eigenvalue weighted by molar-refractivity contribution is 0.0820. The quantitative estimate of drug-likeness (QED) is 0.782. The standard InChI is InChI=1S/C12H19N3O/c1-9-8-15(6-3-7-16-9)12-5-4-11(13)10(2)14-12/h4-5,9H,3,6-8,13H2,1-2H3. The van der Waals surface area contributed by atoms with Crippen molar-refractivity contribution in [1.29, 1.82) is 0 Å². The van der Waals surface area contributed by atoms with Crippen LogP contribution in [-0.2, 0) is 4.74 Å². The molecule has 0 bridgehead atoms. The molecule has 1 aliphatic rings. The molecule has 1 fully saturated rings. The largest absolute Gasteiger partial charge is 0.397 e. The molecule has 1 atom stereocenters. The highest BCUT2D eigenvalue weighted by molar-refractivity contribution is 5.50. The van der Waals surface area contributed by atoms with Crippen molar-refractivity contribution in [2.75, 3.05) is 30.3 Å². The topological polar surface area (TPSA) is 51.4 Å². The molecule has 1 saturated heterocycles. The lowest BCUT2D eigenvalue weighted by Crippen LogP contribution is -2.30. The first-order valence-corrected chi connectivity index (χ1v) is 5.76. The smallest absolute Gasteiger partial charge is 0.129 e. The monoisotopic (exact) mass is 221 g/mol. The second-order valence-electron chi connectivity index (χ2n) is 4.33.